The second-order valence-corrected chi connectivity index (χ2v) is 12.4. The summed E-state index contributed by atoms with van der Waals surface area (Å²) in [5.74, 6) is -1.14. The molecule has 0 bridgehead atoms. The van der Waals surface area contributed by atoms with Crippen LogP contribution in [0.15, 0.2) is 42.9 Å². The Labute approximate surface area is 250 Å². The van der Waals surface area contributed by atoms with Crippen molar-refractivity contribution in [3.8, 4) is 11.3 Å². The van der Waals surface area contributed by atoms with Crippen molar-refractivity contribution in [2.45, 2.75) is 44.9 Å². The van der Waals surface area contributed by atoms with Gasteiger partial charge in [0.1, 0.15) is 5.69 Å². The van der Waals surface area contributed by atoms with Gasteiger partial charge in [-0.3, -0.25) is 24.7 Å². The smallest absolute Gasteiger partial charge is 0.261 e. The van der Waals surface area contributed by atoms with Gasteiger partial charge in [0.15, 0.2) is 5.82 Å². The van der Waals surface area contributed by atoms with E-state index < -0.39 is 17.3 Å². The molecule has 4 aromatic rings. The highest BCUT2D eigenvalue weighted by molar-refractivity contribution is 6.05. The molecule has 0 atom stereocenters. The number of carbonyl (C=O) groups is 1. The van der Waals surface area contributed by atoms with Gasteiger partial charge in [0.25, 0.3) is 5.91 Å². The summed E-state index contributed by atoms with van der Waals surface area (Å²) in [5, 5.41) is 17.6. The predicted octanol–water partition coefficient (Wildman–Crippen LogP) is 3.21. The highest BCUT2D eigenvalue weighted by Crippen LogP contribution is 2.30. The van der Waals surface area contributed by atoms with E-state index in [1.165, 1.54) is 18.5 Å². The van der Waals surface area contributed by atoms with Crippen LogP contribution in [0.4, 0.5) is 16.0 Å². The van der Waals surface area contributed by atoms with Gasteiger partial charge in [-0.2, -0.15) is 5.10 Å². The molecule has 2 N–H and O–H groups in total. The summed E-state index contributed by atoms with van der Waals surface area (Å²) >= 11 is 0. The van der Waals surface area contributed by atoms with Crippen LogP contribution in [0, 0.1) is 5.82 Å². The Bertz CT molecular complexity index is 1610. The number of halogens is 1. The largest absolute Gasteiger partial charge is 0.389 e. The third kappa shape index (κ3) is 6.27. The summed E-state index contributed by atoms with van der Waals surface area (Å²) in [6.07, 6.45) is 6.79. The number of pyridine rings is 1. The Morgan fingerprint density at radius 2 is 1.84 bits per heavy atom. The topological polar surface area (TPSA) is 108 Å². The number of fused-ring (bicyclic) bond motifs is 1. The van der Waals surface area contributed by atoms with Crippen LogP contribution >= 0.6 is 0 Å². The second kappa shape index (κ2) is 11.7. The molecule has 43 heavy (non-hydrogen) atoms. The van der Waals surface area contributed by atoms with Crippen molar-refractivity contribution < 1.29 is 14.3 Å². The summed E-state index contributed by atoms with van der Waals surface area (Å²) < 4.78 is 18.8. The summed E-state index contributed by atoms with van der Waals surface area (Å²) in [4.78, 5) is 29.7. The van der Waals surface area contributed by atoms with E-state index in [9.17, 15) is 9.90 Å². The minimum Gasteiger partial charge on any atom is -0.389 e. The van der Waals surface area contributed by atoms with Gasteiger partial charge >= 0.3 is 0 Å². The van der Waals surface area contributed by atoms with Crippen molar-refractivity contribution in [2.24, 2.45) is 7.05 Å². The molecule has 12 heteroatoms. The number of anilines is 2. The molecule has 2 aliphatic heterocycles. The fourth-order valence-electron chi connectivity index (χ4n) is 6.17. The molecule has 2 fully saturated rings. The Balaban J connectivity index is 1.24. The first-order valence-corrected chi connectivity index (χ1v) is 14.9. The third-order valence-electron chi connectivity index (χ3n) is 8.50. The fraction of sp³-hybridized carbons (Fsp3) is 0.484. The van der Waals surface area contributed by atoms with Crippen LogP contribution < -0.4 is 10.2 Å². The maximum absolute atomic E-state index is 15.5. The number of carbonyl (C=O) groups excluding carboxylic acids is 1. The maximum Gasteiger partial charge on any atom is 0.261 e. The number of amides is 1. The van der Waals surface area contributed by atoms with E-state index in [1.54, 1.807) is 36.3 Å². The molecular formula is C31H40FN9O2. The van der Waals surface area contributed by atoms with E-state index in [0.717, 1.165) is 63.3 Å². The van der Waals surface area contributed by atoms with Crippen LogP contribution in [0.5, 0.6) is 0 Å². The molecule has 3 aromatic heterocycles. The number of piperidine rings is 1. The number of likely N-dealkylation sites (N-methyl/N-ethyl adjacent to an activating group) is 1. The zero-order valence-electron chi connectivity index (χ0n) is 25.3. The molecule has 0 saturated carbocycles. The highest BCUT2D eigenvalue weighted by Gasteiger charge is 2.28. The molecule has 11 nitrogen and oxygen atoms in total. The first kappa shape index (κ1) is 29.2. The van der Waals surface area contributed by atoms with E-state index in [4.69, 9.17) is 4.98 Å². The number of hydrogen-bond donors (Lipinski definition) is 2. The molecule has 1 amide bonds. The second-order valence-electron chi connectivity index (χ2n) is 12.4. The van der Waals surface area contributed by atoms with Gasteiger partial charge in [-0.25, -0.2) is 9.37 Å². The quantitative estimate of drug-likeness (QED) is 0.339. The van der Waals surface area contributed by atoms with Crippen LogP contribution in [-0.4, -0.2) is 103 Å². The van der Waals surface area contributed by atoms with E-state index in [-0.39, 0.29) is 23.8 Å². The number of imidazole rings is 1. The SMILES string of the molecule is CN1CCN(C2CCN(c3ccc4c(c3)nc(NC(=O)c3ccnc(-c5cnn(C)c5)c3F)n4CC(C)(C)O)CC2)CC1. The number of nitrogens with one attached hydrogen (secondary N) is 1. The highest BCUT2D eigenvalue weighted by atomic mass is 19.1. The first-order valence-electron chi connectivity index (χ1n) is 14.9. The zero-order chi connectivity index (χ0) is 30.3. The Hall–Kier alpha value is -3.87. The van der Waals surface area contributed by atoms with Crippen LogP contribution in [0.2, 0.25) is 0 Å². The van der Waals surface area contributed by atoms with Gasteiger partial charge in [0.05, 0.1) is 34.9 Å². The molecule has 0 radical (unpaired) electrons. The average molecular weight is 590 g/mol. The van der Waals surface area contributed by atoms with E-state index in [0.29, 0.717) is 17.1 Å². The standard InChI is InChI=1S/C31H40FN9O2/c1-31(2,43)20-41-26-6-5-23(39-11-8-22(9-12-39)40-15-13-37(3)14-16-40)17-25(26)35-30(41)36-29(42)24-7-10-33-28(27(24)32)21-18-34-38(4)19-21/h5-7,10,17-19,22,43H,8-9,11-16,20H2,1-4H3,(H,35,36,42). The first-order chi connectivity index (χ1) is 20.6. The summed E-state index contributed by atoms with van der Waals surface area (Å²) in [7, 11) is 3.92. The van der Waals surface area contributed by atoms with Crippen LogP contribution in [-0.2, 0) is 13.6 Å². The molecule has 0 unspecified atom stereocenters. The van der Waals surface area contributed by atoms with Crippen LogP contribution in [0.25, 0.3) is 22.3 Å². The number of benzene rings is 1. The summed E-state index contributed by atoms with van der Waals surface area (Å²) in [5.41, 5.74) is 1.85. The van der Waals surface area contributed by atoms with Gasteiger partial charge in [-0.05, 0) is 58.0 Å². The van der Waals surface area contributed by atoms with Crippen molar-refractivity contribution in [3.05, 3.63) is 54.2 Å². The van der Waals surface area contributed by atoms with Crippen LogP contribution in [0.1, 0.15) is 37.0 Å². The lowest BCUT2D eigenvalue weighted by atomic mass is 10.0. The maximum atomic E-state index is 15.5. The number of aromatic nitrogens is 5. The lowest BCUT2D eigenvalue weighted by Gasteiger charge is -2.42. The van der Waals surface area contributed by atoms with Gasteiger partial charge < -0.3 is 19.5 Å². The van der Waals surface area contributed by atoms with Crippen molar-refractivity contribution in [3.63, 3.8) is 0 Å². The van der Waals surface area contributed by atoms with Gasteiger partial charge in [0, 0.05) is 76.0 Å². The molecule has 0 aliphatic carbocycles. The molecule has 2 saturated heterocycles. The van der Waals surface area contributed by atoms with E-state index >= 15 is 4.39 Å². The normalized spacial score (nSPS) is 17.6. The molecule has 0 spiro atoms. The number of hydrogen-bond acceptors (Lipinski definition) is 8. The lowest BCUT2D eigenvalue weighted by molar-refractivity contribution is 0.0630. The average Bonchev–Trinajstić information content (AvgIpc) is 3.55. The number of aryl methyl sites for hydroxylation is 1. The Morgan fingerprint density at radius 3 is 2.51 bits per heavy atom. The minimum absolute atomic E-state index is 0.0479. The van der Waals surface area contributed by atoms with E-state index in [1.807, 2.05) is 12.1 Å². The minimum atomic E-state index is -1.08. The van der Waals surface area contributed by atoms with E-state index in [2.05, 4.69) is 43.2 Å². The van der Waals surface area contributed by atoms with Crippen molar-refractivity contribution in [2.75, 3.05) is 56.5 Å². The summed E-state index contributed by atoms with van der Waals surface area (Å²) in [6.45, 7) is 10.1. The molecule has 2 aliphatic rings. The van der Waals surface area contributed by atoms with Gasteiger partial charge in [-0.1, -0.05) is 0 Å². The van der Waals surface area contributed by atoms with Crippen molar-refractivity contribution in [1.29, 1.82) is 0 Å². The van der Waals surface area contributed by atoms with Gasteiger partial charge in [0.2, 0.25) is 5.95 Å². The fourth-order valence-corrected chi connectivity index (χ4v) is 6.17. The number of aliphatic hydroxyl groups is 1. The molecular weight excluding hydrogens is 549 g/mol. The predicted molar refractivity (Wildman–Crippen MR) is 165 cm³/mol. The molecule has 1 aromatic carbocycles. The Morgan fingerprint density at radius 1 is 1.09 bits per heavy atom. The number of nitrogens with zero attached hydrogens (tertiary/aromatic N) is 8. The van der Waals surface area contributed by atoms with Crippen molar-refractivity contribution in [1.82, 2.24) is 34.1 Å². The molecule has 228 valence electrons. The monoisotopic (exact) mass is 589 g/mol. The van der Waals surface area contributed by atoms with Crippen LogP contribution in [0.3, 0.4) is 0 Å². The number of piperazine rings is 1. The molecule has 5 heterocycles. The molecule has 6 rings (SSSR count). The van der Waals surface area contributed by atoms with Gasteiger partial charge in [-0.15, -0.1) is 0 Å². The Kier molecular flexibility index (Phi) is 7.92. The number of rotatable bonds is 7. The zero-order valence-corrected chi connectivity index (χ0v) is 25.3. The third-order valence-corrected chi connectivity index (χ3v) is 8.50. The van der Waals surface area contributed by atoms with Crippen molar-refractivity contribution >= 4 is 28.6 Å². The lowest BCUT2D eigenvalue weighted by Crippen LogP contribution is -2.52. The summed E-state index contributed by atoms with van der Waals surface area (Å²) in [6, 6.07) is 8.07.